The van der Waals surface area contributed by atoms with Gasteiger partial charge in [0, 0.05) is 10.2 Å². The average Bonchev–Trinajstić information content (AvgIpc) is 2.56. The zero-order valence-corrected chi connectivity index (χ0v) is 14.7. The number of carbonyl (C=O) groups excluding carboxylic acids is 1. The van der Waals surface area contributed by atoms with Gasteiger partial charge in [-0.25, -0.2) is 0 Å². The van der Waals surface area contributed by atoms with Gasteiger partial charge in [0.2, 0.25) is 0 Å². The second kappa shape index (κ2) is 7.18. The Balaban J connectivity index is 1.62. The van der Waals surface area contributed by atoms with Crippen molar-refractivity contribution in [2.24, 2.45) is 0 Å². The Bertz CT molecular complexity index is 697. The van der Waals surface area contributed by atoms with Gasteiger partial charge in [-0.2, -0.15) is 0 Å². The summed E-state index contributed by atoms with van der Waals surface area (Å²) >= 11 is 3.38. The van der Waals surface area contributed by atoms with E-state index in [4.69, 9.17) is 4.74 Å². The first kappa shape index (κ1) is 16.1. The van der Waals surface area contributed by atoms with E-state index in [-0.39, 0.29) is 5.91 Å². The Morgan fingerprint density at radius 3 is 2.52 bits per heavy atom. The van der Waals surface area contributed by atoms with Crippen LogP contribution in [0.1, 0.15) is 30.9 Å². The molecule has 1 aliphatic carbocycles. The zero-order valence-electron chi connectivity index (χ0n) is 13.1. The van der Waals surface area contributed by atoms with E-state index in [9.17, 15) is 4.79 Å². The van der Waals surface area contributed by atoms with E-state index in [0.29, 0.717) is 0 Å². The number of ether oxygens (including phenoxy) is 1. The molecule has 0 aromatic heterocycles. The molecule has 1 aliphatic rings. The molecule has 2 aromatic carbocycles. The lowest BCUT2D eigenvalue weighted by atomic mass is 9.92. The summed E-state index contributed by atoms with van der Waals surface area (Å²) in [5.74, 6) is 0.620. The standard InChI is InChI=1S/C19H20BrNO2/c1-13(19(22)21-17-9-7-16(20)8-10-17)23-18-11-6-14-4-2-3-5-15(14)12-18/h6-13H,2-5H2,1H3,(H,21,22). The molecule has 3 nitrogen and oxygen atoms in total. The first-order valence-corrected chi connectivity index (χ1v) is 8.76. The van der Waals surface area contributed by atoms with Gasteiger partial charge >= 0.3 is 0 Å². The van der Waals surface area contributed by atoms with Crippen molar-refractivity contribution >= 4 is 27.5 Å². The van der Waals surface area contributed by atoms with Crippen molar-refractivity contribution in [3.63, 3.8) is 0 Å². The lowest BCUT2D eigenvalue weighted by Crippen LogP contribution is -2.30. The molecule has 1 amide bonds. The van der Waals surface area contributed by atoms with Gasteiger partial charge in [-0.3, -0.25) is 4.79 Å². The summed E-state index contributed by atoms with van der Waals surface area (Å²) in [4.78, 5) is 12.2. The summed E-state index contributed by atoms with van der Waals surface area (Å²) in [7, 11) is 0. The second-order valence-electron chi connectivity index (χ2n) is 5.89. The highest BCUT2D eigenvalue weighted by molar-refractivity contribution is 9.10. The fraction of sp³-hybridized carbons (Fsp3) is 0.316. The first-order valence-electron chi connectivity index (χ1n) is 7.97. The quantitative estimate of drug-likeness (QED) is 0.840. The molecule has 0 saturated carbocycles. The molecule has 1 unspecified atom stereocenters. The van der Waals surface area contributed by atoms with Crippen LogP contribution >= 0.6 is 15.9 Å². The molecule has 0 heterocycles. The third kappa shape index (κ3) is 4.14. The number of rotatable bonds is 4. The maximum atomic E-state index is 12.2. The maximum Gasteiger partial charge on any atom is 0.265 e. The summed E-state index contributed by atoms with van der Waals surface area (Å²) in [5.41, 5.74) is 3.53. The number of hydrogen-bond acceptors (Lipinski definition) is 2. The van der Waals surface area contributed by atoms with Crippen LogP contribution in [0.4, 0.5) is 5.69 Å². The molecule has 0 saturated heterocycles. The summed E-state index contributed by atoms with van der Waals surface area (Å²) in [6.07, 6.45) is 4.21. The lowest BCUT2D eigenvalue weighted by molar-refractivity contribution is -0.122. The minimum Gasteiger partial charge on any atom is -0.481 e. The number of aryl methyl sites for hydroxylation is 2. The third-order valence-electron chi connectivity index (χ3n) is 4.11. The molecule has 0 bridgehead atoms. The second-order valence-corrected chi connectivity index (χ2v) is 6.81. The smallest absolute Gasteiger partial charge is 0.265 e. The van der Waals surface area contributed by atoms with E-state index in [1.807, 2.05) is 30.3 Å². The van der Waals surface area contributed by atoms with E-state index in [1.54, 1.807) is 6.92 Å². The minimum absolute atomic E-state index is 0.148. The number of anilines is 1. The number of benzene rings is 2. The first-order chi connectivity index (χ1) is 11.1. The topological polar surface area (TPSA) is 38.3 Å². The molecule has 120 valence electrons. The molecular weight excluding hydrogens is 354 g/mol. The van der Waals surface area contributed by atoms with E-state index >= 15 is 0 Å². The van der Waals surface area contributed by atoms with Gasteiger partial charge < -0.3 is 10.1 Å². The molecule has 0 fully saturated rings. The number of hydrogen-bond donors (Lipinski definition) is 1. The number of fused-ring (bicyclic) bond motifs is 1. The average molecular weight is 374 g/mol. The molecule has 4 heteroatoms. The van der Waals surface area contributed by atoms with Gasteiger partial charge in [-0.1, -0.05) is 22.0 Å². The zero-order chi connectivity index (χ0) is 16.2. The Morgan fingerprint density at radius 2 is 1.78 bits per heavy atom. The van der Waals surface area contributed by atoms with Gasteiger partial charge in [-0.15, -0.1) is 0 Å². The van der Waals surface area contributed by atoms with Gasteiger partial charge in [0.1, 0.15) is 5.75 Å². The van der Waals surface area contributed by atoms with Crippen molar-refractivity contribution in [2.75, 3.05) is 5.32 Å². The number of halogens is 1. The Hall–Kier alpha value is -1.81. The van der Waals surface area contributed by atoms with Crippen LogP contribution in [0, 0.1) is 0 Å². The molecule has 23 heavy (non-hydrogen) atoms. The van der Waals surface area contributed by atoms with E-state index in [1.165, 1.54) is 24.0 Å². The summed E-state index contributed by atoms with van der Waals surface area (Å²) in [6.45, 7) is 1.77. The van der Waals surface area contributed by atoms with Crippen molar-refractivity contribution in [1.29, 1.82) is 0 Å². The van der Waals surface area contributed by atoms with E-state index in [0.717, 1.165) is 28.8 Å². The highest BCUT2D eigenvalue weighted by Crippen LogP contribution is 2.26. The van der Waals surface area contributed by atoms with Crippen LogP contribution in [-0.2, 0) is 17.6 Å². The monoisotopic (exact) mass is 373 g/mol. The highest BCUT2D eigenvalue weighted by Gasteiger charge is 2.16. The van der Waals surface area contributed by atoms with Crippen molar-refractivity contribution in [1.82, 2.24) is 0 Å². The molecule has 3 rings (SSSR count). The fourth-order valence-corrected chi connectivity index (χ4v) is 3.08. The van der Waals surface area contributed by atoms with Crippen LogP contribution in [0.25, 0.3) is 0 Å². The fourth-order valence-electron chi connectivity index (χ4n) is 2.82. The number of carbonyl (C=O) groups is 1. The number of amides is 1. The van der Waals surface area contributed by atoms with Crippen LogP contribution in [0.5, 0.6) is 5.75 Å². The van der Waals surface area contributed by atoms with Crippen LogP contribution < -0.4 is 10.1 Å². The maximum absolute atomic E-state index is 12.2. The van der Waals surface area contributed by atoms with Gasteiger partial charge in [0.25, 0.3) is 5.91 Å². The van der Waals surface area contributed by atoms with E-state index in [2.05, 4.69) is 33.4 Å². The lowest BCUT2D eigenvalue weighted by Gasteiger charge is -2.19. The van der Waals surface area contributed by atoms with Crippen LogP contribution in [0.2, 0.25) is 0 Å². The normalized spacial score (nSPS) is 14.7. The largest absolute Gasteiger partial charge is 0.481 e. The summed E-state index contributed by atoms with van der Waals surface area (Å²) < 4.78 is 6.80. The van der Waals surface area contributed by atoms with Crippen LogP contribution in [-0.4, -0.2) is 12.0 Å². The highest BCUT2D eigenvalue weighted by atomic mass is 79.9. The Labute approximate surface area is 145 Å². The van der Waals surface area contributed by atoms with Crippen molar-refractivity contribution < 1.29 is 9.53 Å². The van der Waals surface area contributed by atoms with Crippen molar-refractivity contribution in [3.8, 4) is 5.75 Å². The predicted molar refractivity (Wildman–Crippen MR) is 95.9 cm³/mol. The van der Waals surface area contributed by atoms with Gasteiger partial charge in [0.05, 0.1) is 0 Å². The van der Waals surface area contributed by atoms with Gasteiger partial charge in [-0.05, 0) is 80.1 Å². The molecule has 1 atom stereocenters. The Morgan fingerprint density at radius 1 is 1.09 bits per heavy atom. The molecule has 2 aromatic rings. The molecule has 0 spiro atoms. The molecule has 1 N–H and O–H groups in total. The summed E-state index contributed by atoms with van der Waals surface area (Å²) in [5, 5.41) is 2.87. The van der Waals surface area contributed by atoms with Crippen LogP contribution in [0.3, 0.4) is 0 Å². The van der Waals surface area contributed by atoms with Gasteiger partial charge in [0.15, 0.2) is 6.10 Å². The summed E-state index contributed by atoms with van der Waals surface area (Å²) in [6, 6.07) is 13.7. The molecular formula is C19H20BrNO2. The SMILES string of the molecule is CC(Oc1ccc2c(c1)CCCC2)C(=O)Nc1ccc(Br)cc1. The van der Waals surface area contributed by atoms with Crippen molar-refractivity contribution in [2.45, 2.75) is 38.7 Å². The van der Waals surface area contributed by atoms with Crippen molar-refractivity contribution in [3.05, 3.63) is 58.1 Å². The Kier molecular flexibility index (Phi) is 5.01. The minimum atomic E-state index is -0.541. The van der Waals surface area contributed by atoms with E-state index < -0.39 is 6.10 Å². The van der Waals surface area contributed by atoms with Crippen LogP contribution in [0.15, 0.2) is 46.9 Å². The predicted octanol–water partition coefficient (Wildman–Crippen LogP) is 4.73. The molecule has 0 aliphatic heterocycles. The third-order valence-corrected chi connectivity index (χ3v) is 4.64. The molecule has 0 radical (unpaired) electrons. The number of nitrogens with one attached hydrogen (secondary N) is 1.